The van der Waals surface area contributed by atoms with Crippen molar-refractivity contribution in [2.24, 2.45) is 5.73 Å². The van der Waals surface area contributed by atoms with Gasteiger partial charge in [0, 0.05) is 18.6 Å². The second kappa shape index (κ2) is 4.96. The molecule has 4 nitrogen and oxygen atoms in total. The van der Waals surface area contributed by atoms with Gasteiger partial charge in [-0.1, -0.05) is 11.6 Å². The van der Waals surface area contributed by atoms with Crippen LogP contribution in [0.5, 0.6) is 11.5 Å². The fourth-order valence-electron chi connectivity index (χ4n) is 2.17. The summed E-state index contributed by atoms with van der Waals surface area (Å²) in [7, 11) is 0. The summed E-state index contributed by atoms with van der Waals surface area (Å²) in [6.07, 6.45) is 2.46. The van der Waals surface area contributed by atoms with Crippen molar-refractivity contribution in [3.63, 3.8) is 0 Å². The Kier molecular flexibility index (Phi) is 3.33. The third kappa shape index (κ3) is 2.41. The number of halogens is 1. The number of hydrogen-bond donors (Lipinski definition) is 2. The van der Waals surface area contributed by atoms with E-state index >= 15 is 0 Å². The lowest BCUT2D eigenvalue weighted by Gasteiger charge is -2.23. The molecule has 1 aromatic carbocycles. The predicted octanol–water partition coefficient (Wildman–Crippen LogP) is 1.86. The van der Waals surface area contributed by atoms with Gasteiger partial charge in [-0.25, -0.2) is 0 Å². The smallest absolute Gasteiger partial charge is 0.179 e. The first kappa shape index (κ1) is 12.1. The van der Waals surface area contributed by atoms with Gasteiger partial charge in [-0.05, 0) is 30.5 Å². The van der Waals surface area contributed by atoms with E-state index < -0.39 is 0 Å². The van der Waals surface area contributed by atoms with Gasteiger partial charge in [-0.15, -0.1) is 0 Å². The topological polar surface area (TPSA) is 56.5 Å². The lowest BCUT2D eigenvalue weighted by Crippen LogP contribution is -2.30. The van der Waals surface area contributed by atoms with Crippen LogP contribution in [0.3, 0.4) is 0 Å². The number of nitrogens with one attached hydrogen (secondary N) is 1. The van der Waals surface area contributed by atoms with Gasteiger partial charge in [0.1, 0.15) is 13.2 Å². The molecule has 3 rings (SSSR count). The highest BCUT2D eigenvalue weighted by Gasteiger charge is 2.26. The lowest BCUT2D eigenvalue weighted by molar-refractivity contribution is 0.171. The standard InChI is InChI=1S/C13H17ClN2O2/c14-10-5-8(11(7-15)16-9-1-2-9)6-12-13(10)18-4-3-17-12/h5-6,9,11,16H,1-4,7,15H2. The number of hydrogen-bond acceptors (Lipinski definition) is 4. The molecule has 0 aromatic heterocycles. The van der Waals surface area contributed by atoms with E-state index in [0.717, 1.165) is 11.3 Å². The molecule has 1 atom stereocenters. The first-order valence-corrected chi connectivity index (χ1v) is 6.71. The minimum Gasteiger partial charge on any atom is -0.486 e. The summed E-state index contributed by atoms with van der Waals surface area (Å²) in [6.45, 7) is 1.66. The SMILES string of the molecule is NCC(NC1CC1)c1cc(Cl)c2c(c1)OCCO2. The van der Waals surface area contributed by atoms with Gasteiger partial charge in [-0.3, -0.25) is 0 Å². The highest BCUT2D eigenvalue weighted by molar-refractivity contribution is 6.32. The van der Waals surface area contributed by atoms with Gasteiger partial charge < -0.3 is 20.5 Å². The molecule has 0 spiro atoms. The van der Waals surface area contributed by atoms with Crippen LogP contribution in [-0.2, 0) is 0 Å². The molecule has 5 heteroatoms. The van der Waals surface area contributed by atoms with Crippen molar-refractivity contribution in [2.45, 2.75) is 24.9 Å². The van der Waals surface area contributed by atoms with Crippen molar-refractivity contribution in [1.29, 1.82) is 0 Å². The Balaban J connectivity index is 1.88. The molecule has 18 heavy (non-hydrogen) atoms. The minimum atomic E-state index is 0.130. The number of ether oxygens (including phenoxy) is 2. The van der Waals surface area contributed by atoms with Crippen LogP contribution in [0.2, 0.25) is 5.02 Å². The Morgan fingerprint density at radius 3 is 2.83 bits per heavy atom. The third-order valence-corrected chi connectivity index (χ3v) is 3.55. The summed E-state index contributed by atoms with van der Waals surface area (Å²) in [6, 6.07) is 4.63. The fraction of sp³-hybridized carbons (Fsp3) is 0.538. The highest BCUT2D eigenvalue weighted by atomic mass is 35.5. The summed E-state index contributed by atoms with van der Waals surface area (Å²) >= 11 is 6.23. The average Bonchev–Trinajstić information content (AvgIpc) is 3.20. The maximum Gasteiger partial charge on any atom is 0.179 e. The van der Waals surface area contributed by atoms with Gasteiger partial charge in [0.25, 0.3) is 0 Å². The molecule has 1 fully saturated rings. The van der Waals surface area contributed by atoms with Crippen molar-refractivity contribution in [3.8, 4) is 11.5 Å². The number of benzene rings is 1. The van der Waals surface area contributed by atoms with E-state index in [1.165, 1.54) is 12.8 Å². The molecule has 1 saturated carbocycles. The Morgan fingerprint density at radius 1 is 1.33 bits per heavy atom. The Morgan fingerprint density at radius 2 is 2.11 bits per heavy atom. The lowest BCUT2D eigenvalue weighted by atomic mass is 10.1. The zero-order chi connectivity index (χ0) is 12.5. The molecule has 1 aliphatic heterocycles. The Hall–Kier alpha value is -0.970. The van der Waals surface area contributed by atoms with Gasteiger partial charge in [0.2, 0.25) is 0 Å². The molecule has 0 amide bonds. The molecule has 2 aliphatic rings. The van der Waals surface area contributed by atoms with E-state index in [1.54, 1.807) is 0 Å². The van der Waals surface area contributed by atoms with E-state index in [2.05, 4.69) is 5.32 Å². The molecule has 0 bridgehead atoms. The quantitative estimate of drug-likeness (QED) is 0.875. The van der Waals surface area contributed by atoms with Gasteiger partial charge in [-0.2, -0.15) is 0 Å². The first-order chi connectivity index (χ1) is 8.78. The van der Waals surface area contributed by atoms with E-state index in [4.69, 9.17) is 26.8 Å². The van der Waals surface area contributed by atoms with Crippen molar-refractivity contribution in [3.05, 3.63) is 22.7 Å². The fourth-order valence-corrected chi connectivity index (χ4v) is 2.44. The average molecular weight is 269 g/mol. The molecule has 1 unspecified atom stereocenters. The predicted molar refractivity (Wildman–Crippen MR) is 70.4 cm³/mol. The Bertz CT molecular complexity index is 449. The summed E-state index contributed by atoms with van der Waals surface area (Å²) in [5, 5.41) is 4.11. The molecular formula is C13H17ClN2O2. The summed E-state index contributed by atoms with van der Waals surface area (Å²) < 4.78 is 11.1. The van der Waals surface area contributed by atoms with Crippen LogP contribution in [0.25, 0.3) is 0 Å². The molecule has 98 valence electrons. The van der Waals surface area contributed by atoms with Crippen molar-refractivity contribution in [1.82, 2.24) is 5.32 Å². The van der Waals surface area contributed by atoms with Crippen LogP contribution in [-0.4, -0.2) is 25.8 Å². The second-order valence-electron chi connectivity index (χ2n) is 4.76. The summed E-state index contributed by atoms with van der Waals surface area (Å²) in [5.41, 5.74) is 6.90. The van der Waals surface area contributed by atoms with Crippen LogP contribution >= 0.6 is 11.6 Å². The number of fused-ring (bicyclic) bond motifs is 1. The molecule has 3 N–H and O–H groups in total. The van der Waals surface area contributed by atoms with E-state index in [-0.39, 0.29) is 6.04 Å². The van der Waals surface area contributed by atoms with Crippen molar-refractivity contribution >= 4 is 11.6 Å². The summed E-state index contributed by atoms with van der Waals surface area (Å²) in [4.78, 5) is 0. The minimum absolute atomic E-state index is 0.130. The van der Waals surface area contributed by atoms with Gasteiger partial charge in [0.15, 0.2) is 11.5 Å². The third-order valence-electron chi connectivity index (χ3n) is 3.27. The molecular weight excluding hydrogens is 252 g/mol. The Labute approximate surface area is 111 Å². The monoisotopic (exact) mass is 268 g/mol. The maximum absolute atomic E-state index is 6.23. The molecule has 1 aliphatic carbocycles. The normalized spacial score (nSPS) is 19.7. The van der Waals surface area contributed by atoms with Crippen LogP contribution in [0.1, 0.15) is 24.4 Å². The van der Waals surface area contributed by atoms with Crippen molar-refractivity contribution < 1.29 is 9.47 Å². The second-order valence-corrected chi connectivity index (χ2v) is 5.16. The van der Waals surface area contributed by atoms with Crippen LogP contribution in [0.15, 0.2) is 12.1 Å². The van der Waals surface area contributed by atoms with E-state index in [0.29, 0.717) is 36.6 Å². The van der Waals surface area contributed by atoms with E-state index in [1.807, 2.05) is 12.1 Å². The molecule has 0 saturated heterocycles. The number of nitrogens with two attached hydrogens (primary N) is 1. The van der Waals surface area contributed by atoms with Crippen molar-refractivity contribution in [2.75, 3.05) is 19.8 Å². The first-order valence-electron chi connectivity index (χ1n) is 6.33. The van der Waals surface area contributed by atoms with Gasteiger partial charge >= 0.3 is 0 Å². The highest BCUT2D eigenvalue weighted by Crippen LogP contribution is 2.40. The number of rotatable bonds is 4. The van der Waals surface area contributed by atoms with Crippen LogP contribution in [0.4, 0.5) is 0 Å². The molecule has 1 heterocycles. The zero-order valence-electron chi connectivity index (χ0n) is 10.1. The van der Waals surface area contributed by atoms with Gasteiger partial charge in [0.05, 0.1) is 5.02 Å². The largest absolute Gasteiger partial charge is 0.486 e. The van der Waals surface area contributed by atoms with Crippen LogP contribution in [0, 0.1) is 0 Å². The van der Waals surface area contributed by atoms with E-state index in [9.17, 15) is 0 Å². The molecule has 0 radical (unpaired) electrons. The maximum atomic E-state index is 6.23. The summed E-state index contributed by atoms with van der Waals surface area (Å²) in [5.74, 6) is 1.37. The molecule has 1 aromatic rings. The zero-order valence-corrected chi connectivity index (χ0v) is 10.9. The van der Waals surface area contributed by atoms with Crippen LogP contribution < -0.4 is 20.5 Å².